The van der Waals surface area contributed by atoms with Crippen molar-refractivity contribution >= 4 is 10.0 Å². The van der Waals surface area contributed by atoms with Crippen LogP contribution in [0.3, 0.4) is 0 Å². The Morgan fingerprint density at radius 3 is 2.79 bits per heavy atom. The van der Waals surface area contributed by atoms with Crippen LogP contribution in [0, 0.1) is 5.92 Å². The van der Waals surface area contributed by atoms with E-state index in [0.29, 0.717) is 12.5 Å². The van der Waals surface area contributed by atoms with Crippen molar-refractivity contribution in [1.29, 1.82) is 0 Å². The first-order valence-electron chi connectivity index (χ1n) is 4.79. The zero-order valence-corrected chi connectivity index (χ0v) is 9.26. The van der Waals surface area contributed by atoms with E-state index >= 15 is 0 Å². The third kappa shape index (κ3) is 4.36. The van der Waals surface area contributed by atoms with Crippen molar-refractivity contribution in [3.63, 3.8) is 0 Å². The number of sulfonamides is 1. The standard InChI is InChI=1S/C8H18N2O3S/c1-14(12,13)9-3-5-10-4-2-8(6-10)7-11/h8-9,11H,2-7H2,1H3. The molecule has 6 heteroatoms. The minimum atomic E-state index is -3.06. The minimum Gasteiger partial charge on any atom is -0.396 e. The van der Waals surface area contributed by atoms with E-state index in [2.05, 4.69) is 9.62 Å². The predicted molar refractivity (Wildman–Crippen MR) is 54.5 cm³/mol. The molecule has 2 N–H and O–H groups in total. The summed E-state index contributed by atoms with van der Waals surface area (Å²) in [7, 11) is -3.06. The molecule has 0 saturated carbocycles. The van der Waals surface area contributed by atoms with Gasteiger partial charge < -0.3 is 10.0 Å². The highest BCUT2D eigenvalue weighted by Crippen LogP contribution is 2.14. The number of hydrogen-bond acceptors (Lipinski definition) is 4. The summed E-state index contributed by atoms with van der Waals surface area (Å²) in [5.41, 5.74) is 0. The monoisotopic (exact) mass is 222 g/mol. The van der Waals surface area contributed by atoms with Gasteiger partial charge >= 0.3 is 0 Å². The number of hydrogen-bond donors (Lipinski definition) is 2. The lowest BCUT2D eigenvalue weighted by Gasteiger charge is -2.15. The van der Waals surface area contributed by atoms with Gasteiger partial charge in [0.05, 0.1) is 6.26 Å². The van der Waals surface area contributed by atoms with E-state index in [4.69, 9.17) is 5.11 Å². The maximum Gasteiger partial charge on any atom is 0.208 e. The molecule has 1 aliphatic heterocycles. The zero-order valence-electron chi connectivity index (χ0n) is 8.44. The van der Waals surface area contributed by atoms with E-state index in [-0.39, 0.29) is 6.61 Å². The molecule has 0 aliphatic carbocycles. The summed E-state index contributed by atoms with van der Waals surface area (Å²) in [6.07, 6.45) is 2.17. The van der Waals surface area contributed by atoms with E-state index in [0.717, 1.165) is 32.3 Å². The van der Waals surface area contributed by atoms with Crippen LogP contribution in [0.15, 0.2) is 0 Å². The van der Waals surface area contributed by atoms with E-state index in [1.54, 1.807) is 0 Å². The SMILES string of the molecule is CS(=O)(=O)NCCN1CCC(CO)C1. The molecule has 0 radical (unpaired) electrons. The average molecular weight is 222 g/mol. The summed E-state index contributed by atoms with van der Waals surface area (Å²) in [6, 6.07) is 0. The Morgan fingerprint density at radius 1 is 1.57 bits per heavy atom. The molecule has 0 aromatic rings. The van der Waals surface area contributed by atoms with Crippen LogP contribution in [-0.4, -0.2) is 57.5 Å². The first kappa shape index (κ1) is 11.9. The Bertz CT molecular complexity index is 266. The summed E-state index contributed by atoms with van der Waals surface area (Å²) in [5, 5.41) is 8.90. The average Bonchev–Trinajstić information content (AvgIpc) is 2.50. The van der Waals surface area contributed by atoms with Crippen molar-refractivity contribution in [3.05, 3.63) is 0 Å². The number of aliphatic hydroxyl groups is 1. The second-order valence-corrected chi connectivity index (χ2v) is 5.64. The maximum absolute atomic E-state index is 10.8. The molecule has 1 fully saturated rings. The Labute approximate surface area is 85.2 Å². The van der Waals surface area contributed by atoms with Crippen LogP contribution in [0.4, 0.5) is 0 Å². The summed E-state index contributed by atoms with van der Waals surface area (Å²) in [5.74, 6) is 0.369. The van der Waals surface area contributed by atoms with Crippen LogP contribution >= 0.6 is 0 Å². The summed E-state index contributed by atoms with van der Waals surface area (Å²) < 4.78 is 24.0. The second-order valence-electron chi connectivity index (χ2n) is 3.80. The lowest BCUT2D eigenvalue weighted by Crippen LogP contribution is -2.33. The fraction of sp³-hybridized carbons (Fsp3) is 1.00. The van der Waals surface area contributed by atoms with Crippen LogP contribution in [0.1, 0.15) is 6.42 Å². The van der Waals surface area contributed by atoms with Crippen LogP contribution in [0.2, 0.25) is 0 Å². The van der Waals surface area contributed by atoms with Gasteiger partial charge in [0, 0.05) is 26.2 Å². The highest BCUT2D eigenvalue weighted by molar-refractivity contribution is 7.88. The highest BCUT2D eigenvalue weighted by Gasteiger charge is 2.20. The van der Waals surface area contributed by atoms with E-state index in [1.165, 1.54) is 0 Å². The number of nitrogens with zero attached hydrogens (tertiary/aromatic N) is 1. The number of rotatable bonds is 5. The van der Waals surface area contributed by atoms with Crippen LogP contribution in [0.25, 0.3) is 0 Å². The molecule has 0 aromatic carbocycles. The molecule has 1 atom stereocenters. The number of aliphatic hydroxyl groups excluding tert-OH is 1. The van der Waals surface area contributed by atoms with Crippen molar-refractivity contribution in [2.24, 2.45) is 5.92 Å². The zero-order chi connectivity index (χ0) is 10.6. The third-order valence-electron chi connectivity index (χ3n) is 2.42. The molecule has 0 spiro atoms. The lowest BCUT2D eigenvalue weighted by molar-refractivity contribution is 0.222. The molecule has 1 unspecified atom stereocenters. The van der Waals surface area contributed by atoms with Gasteiger partial charge in [-0.05, 0) is 18.9 Å². The van der Waals surface area contributed by atoms with Gasteiger partial charge in [-0.15, -0.1) is 0 Å². The smallest absolute Gasteiger partial charge is 0.208 e. The predicted octanol–water partition coefficient (Wildman–Crippen LogP) is -1.15. The molecule has 5 nitrogen and oxygen atoms in total. The summed E-state index contributed by atoms with van der Waals surface area (Å²) >= 11 is 0. The molecule has 14 heavy (non-hydrogen) atoms. The van der Waals surface area contributed by atoms with Gasteiger partial charge in [-0.3, -0.25) is 0 Å². The molecule has 1 heterocycles. The quantitative estimate of drug-likeness (QED) is 0.616. The van der Waals surface area contributed by atoms with Gasteiger partial charge in [0.15, 0.2) is 0 Å². The van der Waals surface area contributed by atoms with Crippen molar-refractivity contribution < 1.29 is 13.5 Å². The van der Waals surface area contributed by atoms with Crippen LogP contribution in [0.5, 0.6) is 0 Å². The third-order valence-corrected chi connectivity index (χ3v) is 3.15. The van der Waals surface area contributed by atoms with Crippen LogP contribution in [-0.2, 0) is 10.0 Å². The van der Waals surface area contributed by atoms with E-state index in [9.17, 15) is 8.42 Å². The molecule has 84 valence electrons. The Morgan fingerprint density at radius 2 is 2.29 bits per heavy atom. The van der Waals surface area contributed by atoms with Gasteiger partial charge in [0.1, 0.15) is 0 Å². The first-order chi connectivity index (χ1) is 6.51. The Hall–Kier alpha value is -0.170. The Balaban J connectivity index is 2.15. The summed E-state index contributed by atoms with van der Waals surface area (Å²) in [4.78, 5) is 2.17. The normalized spacial score (nSPS) is 24.3. The topological polar surface area (TPSA) is 69.6 Å². The number of likely N-dealkylation sites (tertiary alicyclic amines) is 1. The van der Waals surface area contributed by atoms with Crippen LogP contribution < -0.4 is 4.72 Å². The van der Waals surface area contributed by atoms with Crippen molar-refractivity contribution in [3.8, 4) is 0 Å². The van der Waals surface area contributed by atoms with E-state index < -0.39 is 10.0 Å². The van der Waals surface area contributed by atoms with Gasteiger partial charge in [-0.2, -0.15) is 0 Å². The van der Waals surface area contributed by atoms with Gasteiger partial charge in [-0.25, -0.2) is 13.1 Å². The molecule has 0 bridgehead atoms. The highest BCUT2D eigenvalue weighted by atomic mass is 32.2. The van der Waals surface area contributed by atoms with Crippen molar-refractivity contribution in [2.45, 2.75) is 6.42 Å². The molecule has 0 amide bonds. The molecule has 1 saturated heterocycles. The lowest BCUT2D eigenvalue weighted by atomic mass is 10.1. The Kier molecular flexibility index (Phi) is 4.31. The molecule has 0 aromatic heterocycles. The van der Waals surface area contributed by atoms with Gasteiger partial charge in [0.2, 0.25) is 10.0 Å². The molecule has 1 aliphatic rings. The molecular formula is C8H18N2O3S. The first-order valence-corrected chi connectivity index (χ1v) is 6.68. The largest absolute Gasteiger partial charge is 0.396 e. The fourth-order valence-corrected chi connectivity index (χ4v) is 2.12. The second kappa shape index (κ2) is 5.06. The van der Waals surface area contributed by atoms with Crippen molar-refractivity contribution in [1.82, 2.24) is 9.62 Å². The van der Waals surface area contributed by atoms with Gasteiger partial charge in [-0.1, -0.05) is 0 Å². The van der Waals surface area contributed by atoms with Crippen molar-refractivity contribution in [2.75, 3.05) is 39.0 Å². The molecular weight excluding hydrogens is 204 g/mol. The minimum absolute atomic E-state index is 0.232. The van der Waals surface area contributed by atoms with E-state index in [1.807, 2.05) is 0 Å². The molecule has 1 rings (SSSR count). The summed E-state index contributed by atoms with van der Waals surface area (Å²) in [6.45, 7) is 3.25. The fourth-order valence-electron chi connectivity index (χ4n) is 1.65. The number of nitrogens with one attached hydrogen (secondary N) is 1. The maximum atomic E-state index is 10.8. The van der Waals surface area contributed by atoms with Gasteiger partial charge in [0.25, 0.3) is 0 Å².